The molecule has 0 fully saturated rings. The van der Waals surface area contributed by atoms with Gasteiger partial charge in [-0.25, -0.2) is 0 Å². The van der Waals surface area contributed by atoms with Crippen molar-refractivity contribution in [3.63, 3.8) is 0 Å². The fourth-order valence-corrected chi connectivity index (χ4v) is 3.48. The maximum atomic E-state index is 13.0. The number of pyridine rings is 1. The van der Waals surface area contributed by atoms with Crippen molar-refractivity contribution in [3.05, 3.63) is 42.3 Å². The van der Waals surface area contributed by atoms with Crippen LogP contribution in [0.15, 0.2) is 36.5 Å². The van der Waals surface area contributed by atoms with E-state index in [0.717, 1.165) is 20.0 Å². The van der Waals surface area contributed by atoms with Gasteiger partial charge in [0.2, 0.25) is 0 Å². The number of hydrogen-bond acceptors (Lipinski definition) is 3. The molecule has 0 amide bonds. The SMILES string of the molecule is Nc1ccc(-c2nc3cc(F)ccc3[se]2)nc1. The van der Waals surface area contributed by atoms with Crippen LogP contribution >= 0.6 is 0 Å². The molecule has 0 aliphatic heterocycles. The van der Waals surface area contributed by atoms with E-state index in [0.29, 0.717) is 5.69 Å². The van der Waals surface area contributed by atoms with Gasteiger partial charge in [0.05, 0.1) is 0 Å². The first kappa shape index (κ1) is 10.4. The number of rotatable bonds is 1. The van der Waals surface area contributed by atoms with Gasteiger partial charge >= 0.3 is 103 Å². The molecule has 0 aliphatic carbocycles. The van der Waals surface area contributed by atoms with E-state index in [4.69, 9.17) is 5.73 Å². The van der Waals surface area contributed by atoms with E-state index in [1.807, 2.05) is 6.07 Å². The van der Waals surface area contributed by atoms with Gasteiger partial charge in [-0.2, -0.15) is 0 Å². The number of nitrogens with two attached hydrogens (primary N) is 1. The van der Waals surface area contributed by atoms with Crippen molar-refractivity contribution in [2.75, 3.05) is 5.73 Å². The van der Waals surface area contributed by atoms with Crippen molar-refractivity contribution in [2.45, 2.75) is 0 Å². The molecule has 0 spiro atoms. The number of halogens is 1. The number of fused-ring (bicyclic) bond motifs is 1. The Labute approximate surface area is 103 Å². The molecule has 3 nitrogen and oxygen atoms in total. The van der Waals surface area contributed by atoms with Crippen LogP contribution in [0.5, 0.6) is 0 Å². The number of hydrogen-bond donors (Lipinski definition) is 1. The normalized spacial score (nSPS) is 10.9. The second-order valence-electron chi connectivity index (χ2n) is 3.61. The summed E-state index contributed by atoms with van der Waals surface area (Å²) in [4.78, 5) is 8.65. The summed E-state index contributed by atoms with van der Waals surface area (Å²) in [5, 5.41) is 0. The van der Waals surface area contributed by atoms with Crippen LogP contribution in [0, 0.1) is 5.82 Å². The third kappa shape index (κ3) is 1.95. The Morgan fingerprint density at radius 1 is 1.18 bits per heavy atom. The molecule has 0 saturated carbocycles. The van der Waals surface area contributed by atoms with Gasteiger partial charge in [-0.15, -0.1) is 0 Å². The van der Waals surface area contributed by atoms with E-state index >= 15 is 0 Å². The van der Waals surface area contributed by atoms with E-state index in [9.17, 15) is 4.39 Å². The predicted octanol–water partition coefficient (Wildman–Crippen LogP) is 2.08. The van der Waals surface area contributed by atoms with Crippen LogP contribution in [0.4, 0.5) is 10.1 Å². The number of nitrogen functional groups attached to an aromatic ring is 1. The quantitative estimate of drug-likeness (QED) is 0.699. The van der Waals surface area contributed by atoms with Gasteiger partial charge in [-0.3, -0.25) is 0 Å². The average Bonchev–Trinajstić information content (AvgIpc) is 2.72. The predicted molar refractivity (Wildman–Crippen MR) is 66.3 cm³/mol. The molecule has 1 aromatic carbocycles. The molecule has 2 aromatic heterocycles. The van der Waals surface area contributed by atoms with Gasteiger partial charge in [-0.1, -0.05) is 0 Å². The summed E-state index contributed by atoms with van der Waals surface area (Å²) in [7, 11) is 0. The molecule has 0 atom stereocenters. The molecule has 84 valence electrons. The van der Waals surface area contributed by atoms with Gasteiger partial charge in [0.25, 0.3) is 0 Å². The van der Waals surface area contributed by atoms with Crippen LogP contribution < -0.4 is 5.73 Å². The Bertz CT molecular complexity index is 676. The second kappa shape index (κ2) is 3.95. The number of nitrogens with zero attached hydrogens (tertiary/aromatic N) is 2. The summed E-state index contributed by atoms with van der Waals surface area (Å²) < 4.78 is 15.1. The summed E-state index contributed by atoms with van der Waals surface area (Å²) in [5.41, 5.74) is 7.75. The summed E-state index contributed by atoms with van der Waals surface area (Å²) in [6.07, 6.45) is 1.61. The fourth-order valence-electron chi connectivity index (χ4n) is 1.54. The molecule has 2 N–H and O–H groups in total. The van der Waals surface area contributed by atoms with Gasteiger partial charge in [0.1, 0.15) is 0 Å². The molecule has 3 aromatic rings. The van der Waals surface area contributed by atoms with Crippen molar-refractivity contribution in [3.8, 4) is 10.3 Å². The molecular weight excluding hydrogens is 284 g/mol. The van der Waals surface area contributed by atoms with Crippen LogP contribution in [0.2, 0.25) is 0 Å². The van der Waals surface area contributed by atoms with E-state index < -0.39 is 0 Å². The van der Waals surface area contributed by atoms with Crippen LogP contribution in [0.25, 0.3) is 20.0 Å². The zero-order valence-corrected chi connectivity index (χ0v) is 10.4. The molecule has 3 rings (SSSR count). The van der Waals surface area contributed by atoms with Crippen molar-refractivity contribution < 1.29 is 4.39 Å². The Balaban J connectivity index is 2.14. The van der Waals surface area contributed by atoms with Gasteiger partial charge < -0.3 is 0 Å². The van der Waals surface area contributed by atoms with Crippen molar-refractivity contribution in [1.82, 2.24) is 9.97 Å². The van der Waals surface area contributed by atoms with Gasteiger partial charge in [0.15, 0.2) is 0 Å². The monoisotopic (exact) mass is 293 g/mol. The Morgan fingerprint density at radius 2 is 2.06 bits per heavy atom. The molecule has 0 radical (unpaired) electrons. The molecule has 17 heavy (non-hydrogen) atoms. The minimum absolute atomic E-state index is 0.0894. The first-order valence-corrected chi connectivity index (χ1v) is 6.72. The standard InChI is InChI=1S/C12H8FN3Se/c13-7-1-4-11-10(5-7)16-12(17-11)9-3-2-8(14)6-15-9/h1-6H,14H2. The third-order valence-corrected chi connectivity index (χ3v) is 4.58. The van der Waals surface area contributed by atoms with E-state index in [2.05, 4.69) is 9.97 Å². The molecule has 0 saturated heterocycles. The van der Waals surface area contributed by atoms with E-state index in [1.54, 1.807) is 18.3 Å². The van der Waals surface area contributed by atoms with Gasteiger partial charge in [-0.05, 0) is 0 Å². The van der Waals surface area contributed by atoms with Crippen LogP contribution in [-0.4, -0.2) is 24.5 Å². The Hall–Kier alpha value is -1.71. The molecule has 5 heteroatoms. The summed E-state index contributed by atoms with van der Waals surface area (Å²) in [6, 6.07) is 8.36. The fraction of sp³-hybridized carbons (Fsp3) is 0. The molecular formula is C12H8FN3Se. The summed E-state index contributed by atoms with van der Waals surface area (Å²) in [5.74, 6) is -0.255. The third-order valence-electron chi connectivity index (χ3n) is 2.36. The van der Waals surface area contributed by atoms with Gasteiger partial charge in [0, 0.05) is 0 Å². The Morgan fingerprint density at radius 3 is 2.82 bits per heavy atom. The average molecular weight is 292 g/mol. The zero-order valence-electron chi connectivity index (χ0n) is 8.72. The number of anilines is 1. The van der Waals surface area contributed by atoms with E-state index in [-0.39, 0.29) is 20.3 Å². The van der Waals surface area contributed by atoms with Crippen molar-refractivity contribution in [2.24, 2.45) is 0 Å². The van der Waals surface area contributed by atoms with Crippen LogP contribution in [-0.2, 0) is 0 Å². The molecule has 0 unspecified atom stereocenters. The number of aromatic nitrogens is 2. The number of benzene rings is 1. The summed E-state index contributed by atoms with van der Waals surface area (Å²) >= 11 is 0.0894. The van der Waals surface area contributed by atoms with Crippen molar-refractivity contribution in [1.29, 1.82) is 0 Å². The van der Waals surface area contributed by atoms with Crippen molar-refractivity contribution >= 4 is 30.0 Å². The summed E-state index contributed by atoms with van der Waals surface area (Å²) in [6.45, 7) is 0. The van der Waals surface area contributed by atoms with E-state index in [1.165, 1.54) is 12.1 Å². The first-order chi connectivity index (χ1) is 8.22. The molecule has 0 aliphatic rings. The maximum absolute atomic E-state index is 13.0. The topological polar surface area (TPSA) is 51.8 Å². The second-order valence-corrected chi connectivity index (χ2v) is 5.77. The van der Waals surface area contributed by atoms with Crippen LogP contribution in [0.1, 0.15) is 0 Å². The molecule has 0 bridgehead atoms. The zero-order chi connectivity index (χ0) is 11.8. The van der Waals surface area contributed by atoms with Crippen LogP contribution in [0.3, 0.4) is 0 Å². The first-order valence-electron chi connectivity index (χ1n) is 5.00. The minimum atomic E-state index is -0.255. The molecule has 2 heterocycles. The Kier molecular flexibility index (Phi) is 2.42.